The van der Waals surface area contributed by atoms with Gasteiger partial charge in [-0.15, -0.1) is 0 Å². The van der Waals surface area contributed by atoms with Gasteiger partial charge in [0.25, 0.3) is 0 Å². The van der Waals surface area contributed by atoms with Crippen molar-refractivity contribution in [3.8, 4) is 0 Å². The third-order valence-electron chi connectivity index (χ3n) is 2.46. The van der Waals surface area contributed by atoms with Crippen LogP contribution in [-0.2, 0) is 0 Å². The molecule has 0 nitrogen and oxygen atoms in total. The van der Waals surface area contributed by atoms with Gasteiger partial charge in [0.2, 0.25) is 0 Å². The lowest BCUT2D eigenvalue weighted by atomic mass is 10.1. The van der Waals surface area contributed by atoms with E-state index in [0.29, 0.717) is 6.42 Å². The Balaban J connectivity index is 2.99. The fourth-order valence-corrected chi connectivity index (χ4v) is 1.96. The van der Waals surface area contributed by atoms with Gasteiger partial charge in [-0.1, -0.05) is 93.1 Å². The highest BCUT2D eigenvalue weighted by Gasteiger charge is 2.17. The third kappa shape index (κ3) is 14.9. The van der Waals surface area contributed by atoms with Gasteiger partial charge in [-0.25, -0.2) is 0 Å². The second-order valence-corrected chi connectivity index (χ2v) is 6.56. The molecule has 0 fully saturated rings. The molecule has 0 aliphatic carbocycles. The van der Waals surface area contributed by atoms with Gasteiger partial charge in [0.05, 0.1) is 0 Å². The van der Waals surface area contributed by atoms with Crippen LogP contribution in [0.5, 0.6) is 0 Å². The molecule has 0 saturated carbocycles. The Hall–Kier alpha value is 0.870. The molecule has 0 aromatic heterocycles. The number of unbranched alkanes of at least 4 members (excludes halogenated alkanes) is 8. The first-order chi connectivity index (χ1) is 7.06. The summed E-state index contributed by atoms with van der Waals surface area (Å²) in [6.07, 6.45) is 11.8. The Morgan fingerprint density at radius 1 is 0.667 bits per heavy atom. The Labute approximate surface area is 110 Å². The molecule has 3 heteroatoms. The van der Waals surface area contributed by atoms with Crippen LogP contribution in [0.4, 0.5) is 0 Å². The fourth-order valence-electron chi connectivity index (χ4n) is 1.56. The van der Waals surface area contributed by atoms with E-state index in [2.05, 4.69) is 6.92 Å². The first-order valence-corrected chi connectivity index (χ1v) is 7.05. The first-order valence-electron chi connectivity index (χ1n) is 5.92. The monoisotopic (exact) mass is 271 g/mol. The number of alkyl halides is 3. The van der Waals surface area contributed by atoms with Gasteiger partial charge in [-0.05, 0) is 12.8 Å². The standard InChI is InChI=1S/C12H22Cl3/c1-2-3-4-5-6-7-8-9-10-11-12(13,14)15/h1-11H2. The molecule has 0 bridgehead atoms. The summed E-state index contributed by atoms with van der Waals surface area (Å²) in [6.45, 7) is 3.83. The van der Waals surface area contributed by atoms with E-state index in [4.69, 9.17) is 34.8 Å². The van der Waals surface area contributed by atoms with Gasteiger partial charge in [-0.3, -0.25) is 0 Å². The molecule has 0 rings (SSSR count). The smallest absolute Gasteiger partial charge is 0.0837 e. The van der Waals surface area contributed by atoms with Crippen LogP contribution in [0.1, 0.15) is 64.2 Å². The zero-order chi connectivity index (χ0) is 11.6. The van der Waals surface area contributed by atoms with Crippen LogP contribution in [0.15, 0.2) is 0 Å². The van der Waals surface area contributed by atoms with Crippen LogP contribution < -0.4 is 0 Å². The molecule has 0 heterocycles. The van der Waals surface area contributed by atoms with Crippen molar-refractivity contribution in [2.45, 2.75) is 68.0 Å². The predicted molar refractivity (Wildman–Crippen MR) is 71.8 cm³/mol. The van der Waals surface area contributed by atoms with E-state index < -0.39 is 3.79 Å². The van der Waals surface area contributed by atoms with Crippen molar-refractivity contribution in [2.75, 3.05) is 0 Å². The summed E-state index contributed by atoms with van der Waals surface area (Å²) in [6, 6.07) is 0. The Bertz CT molecular complexity index is 129. The van der Waals surface area contributed by atoms with E-state index in [-0.39, 0.29) is 0 Å². The van der Waals surface area contributed by atoms with Crippen molar-refractivity contribution in [3.05, 3.63) is 6.92 Å². The van der Waals surface area contributed by atoms with Gasteiger partial charge in [0.1, 0.15) is 0 Å². The van der Waals surface area contributed by atoms with Gasteiger partial charge < -0.3 is 0 Å². The molecule has 0 aliphatic heterocycles. The van der Waals surface area contributed by atoms with Gasteiger partial charge in [-0.2, -0.15) is 0 Å². The van der Waals surface area contributed by atoms with Crippen LogP contribution in [0.25, 0.3) is 0 Å². The van der Waals surface area contributed by atoms with Crippen LogP contribution in [-0.4, -0.2) is 3.79 Å². The summed E-state index contributed by atoms with van der Waals surface area (Å²) in [5.74, 6) is 0. The molecule has 0 spiro atoms. The molecule has 0 unspecified atom stereocenters. The molecular weight excluding hydrogens is 250 g/mol. The van der Waals surface area contributed by atoms with Crippen LogP contribution in [0.2, 0.25) is 0 Å². The lowest BCUT2D eigenvalue weighted by Gasteiger charge is -2.09. The average molecular weight is 273 g/mol. The number of hydrogen-bond donors (Lipinski definition) is 0. The third-order valence-corrected chi connectivity index (χ3v) is 3.03. The van der Waals surface area contributed by atoms with Crippen LogP contribution >= 0.6 is 34.8 Å². The van der Waals surface area contributed by atoms with Gasteiger partial charge >= 0.3 is 0 Å². The number of halogens is 3. The minimum atomic E-state index is -1.05. The molecule has 0 aromatic carbocycles. The molecule has 0 N–H and O–H groups in total. The topological polar surface area (TPSA) is 0 Å². The fraction of sp³-hybridized carbons (Fsp3) is 0.917. The predicted octanol–water partition coefficient (Wildman–Crippen LogP) is 6.09. The highest BCUT2D eigenvalue weighted by atomic mass is 35.6. The molecule has 0 aliphatic rings. The maximum Gasteiger partial charge on any atom is 0.190 e. The van der Waals surface area contributed by atoms with Gasteiger partial charge in [0, 0.05) is 0 Å². The SMILES string of the molecule is [CH2]CCCCCCCCCCC(Cl)(Cl)Cl. The Morgan fingerprint density at radius 3 is 1.47 bits per heavy atom. The van der Waals surface area contributed by atoms with E-state index in [0.717, 1.165) is 12.8 Å². The van der Waals surface area contributed by atoms with Crippen molar-refractivity contribution in [1.82, 2.24) is 0 Å². The number of rotatable bonds is 9. The lowest BCUT2D eigenvalue weighted by molar-refractivity contribution is 0.561. The van der Waals surface area contributed by atoms with E-state index in [1.54, 1.807) is 0 Å². The van der Waals surface area contributed by atoms with Crippen molar-refractivity contribution >= 4 is 34.8 Å². The summed E-state index contributed by atoms with van der Waals surface area (Å²) in [4.78, 5) is 0. The normalized spacial score (nSPS) is 12.0. The first kappa shape index (κ1) is 15.9. The maximum absolute atomic E-state index is 5.66. The van der Waals surface area contributed by atoms with E-state index >= 15 is 0 Å². The second-order valence-electron chi connectivity index (χ2n) is 4.05. The zero-order valence-electron chi connectivity index (χ0n) is 9.41. The molecule has 15 heavy (non-hydrogen) atoms. The van der Waals surface area contributed by atoms with E-state index in [1.807, 2.05) is 0 Å². The largest absolute Gasteiger partial charge is 0.190 e. The van der Waals surface area contributed by atoms with Crippen LogP contribution in [0.3, 0.4) is 0 Å². The van der Waals surface area contributed by atoms with Crippen LogP contribution in [0, 0.1) is 6.92 Å². The minimum absolute atomic E-state index is 0.680. The van der Waals surface area contributed by atoms with E-state index in [1.165, 1.54) is 44.9 Å². The summed E-state index contributed by atoms with van der Waals surface area (Å²) in [5.41, 5.74) is 0. The summed E-state index contributed by atoms with van der Waals surface area (Å²) < 4.78 is -1.05. The summed E-state index contributed by atoms with van der Waals surface area (Å²) in [5, 5.41) is 0. The van der Waals surface area contributed by atoms with E-state index in [9.17, 15) is 0 Å². The molecule has 0 saturated heterocycles. The average Bonchev–Trinajstić information content (AvgIpc) is 2.14. The molecule has 0 atom stereocenters. The Morgan fingerprint density at radius 2 is 1.07 bits per heavy atom. The zero-order valence-corrected chi connectivity index (χ0v) is 11.7. The maximum atomic E-state index is 5.66. The molecule has 0 aromatic rings. The van der Waals surface area contributed by atoms with Crippen molar-refractivity contribution in [1.29, 1.82) is 0 Å². The second kappa shape index (κ2) is 10.1. The molecule has 1 radical (unpaired) electrons. The van der Waals surface area contributed by atoms with Crippen molar-refractivity contribution in [2.24, 2.45) is 0 Å². The molecule has 0 amide bonds. The number of hydrogen-bond acceptors (Lipinski definition) is 0. The van der Waals surface area contributed by atoms with Gasteiger partial charge in [0.15, 0.2) is 3.79 Å². The Kier molecular flexibility index (Phi) is 10.6. The molecular formula is C12H22Cl3. The van der Waals surface area contributed by atoms with Crippen molar-refractivity contribution in [3.63, 3.8) is 0 Å². The highest BCUT2D eigenvalue weighted by Crippen LogP contribution is 2.32. The summed E-state index contributed by atoms with van der Waals surface area (Å²) in [7, 11) is 0. The lowest BCUT2D eigenvalue weighted by Crippen LogP contribution is -2.00. The highest BCUT2D eigenvalue weighted by molar-refractivity contribution is 6.67. The minimum Gasteiger partial charge on any atom is -0.0837 e. The summed E-state index contributed by atoms with van der Waals surface area (Å²) >= 11 is 17.0. The van der Waals surface area contributed by atoms with Crippen molar-refractivity contribution < 1.29 is 0 Å². The molecule has 91 valence electrons. The quantitative estimate of drug-likeness (QED) is 0.352.